The number of rotatable bonds is 4. The van der Waals surface area contributed by atoms with Crippen LogP contribution >= 0.6 is 0 Å². The summed E-state index contributed by atoms with van der Waals surface area (Å²) in [5.41, 5.74) is 1.69. The maximum absolute atomic E-state index is 12.8. The number of carbonyl (C=O) groups is 2. The molecule has 4 rings (SSSR count). The summed E-state index contributed by atoms with van der Waals surface area (Å²) in [6.07, 6.45) is 0. The predicted molar refractivity (Wildman–Crippen MR) is 106 cm³/mol. The molecule has 0 saturated carbocycles. The molecule has 28 heavy (non-hydrogen) atoms. The van der Waals surface area contributed by atoms with Crippen molar-refractivity contribution < 1.29 is 19.1 Å². The van der Waals surface area contributed by atoms with Crippen LogP contribution in [0.3, 0.4) is 0 Å². The molecule has 2 amide bonds. The average Bonchev–Trinajstić information content (AvgIpc) is 2.75. The van der Waals surface area contributed by atoms with Crippen molar-refractivity contribution in [3.05, 3.63) is 48.5 Å². The van der Waals surface area contributed by atoms with E-state index in [2.05, 4.69) is 4.90 Å². The second kappa shape index (κ2) is 7.80. The molecule has 0 atom stereocenters. The van der Waals surface area contributed by atoms with Crippen molar-refractivity contribution in [3.63, 3.8) is 0 Å². The van der Waals surface area contributed by atoms with Crippen molar-refractivity contribution in [2.24, 2.45) is 0 Å². The molecule has 1 saturated heterocycles. The Morgan fingerprint density at radius 2 is 1.68 bits per heavy atom. The Kier molecular flexibility index (Phi) is 5.06. The number of methoxy groups -OCH3 is 1. The van der Waals surface area contributed by atoms with E-state index in [0.717, 1.165) is 24.5 Å². The zero-order chi connectivity index (χ0) is 19.5. The smallest absolute Gasteiger partial charge is 0.265 e. The van der Waals surface area contributed by atoms with Gasteiger partial charge in [0.25, 0.3) is 5.91 Å². The van der Waals surface area contributed by atoms with Gasteiger partial charge in [0.15, 0.2) is 6.61 Å². The standard InChI is InChI=1S/C21H23N3O4/c1-27-18-8-4-2-6-16(18)22-10-12-23(13-11-22)20(25)14-24-17-7-3-5-9-19(17)28-15-21(24)26/h2-9H,10-15H2,1H3. The Labute approximate surface area is 164 Å². The van der Waals surface area contributed by atoms with Crippen molar-refractivity contribution in [1.29, 1.82) is 0 Å². The molecule has 0 radical (unpaired) electrons. The van der Waals surface area contributed by atoms with E-state index in [-0.39, 0.29) is 25.0 Å². The van der Waals surface area contributed by atoms with Crippen LogP contribution in [0, 0.1) is 0 Å². The van der Waals surface area contributed by atoms with E-state index in [1.165, 1.54) is 4.90 Å². The first kappa shape index (κ1) is 18.2. The lowest BCUT2D eigenvalue weighted by Crippen LogP contribution is -2.53. The van der Waals surface area contributed by atoms with Crippen LogP contribution in [0.5, 0.6) is 11.5 Å². The molecule has 2 aromatic carbocycles. The highest BCUT2D eigenvalue weighted by Crippen LogP contribution is 2.32. The fourth-order valence-electron chi connectivity index (χ4n) is 3.65. The van der Waals surface area contributed by atoms with Gasteiger partial charge in [-0.3, -0.25) is 14.5 Å². The highest BCUT2D eigenvalue weighted by molar-refractivity contribution is 6.02. The number of para-hydroxylation sites is 4. The summed E-state index contributed by atoms with van der Waals surface area (Å²) in [6.45, 7) is 2.66. The predicted octanol–water partition coefficient (Wildman–Crippen LogP) is 1.77. The first-order valence-electron chi connectivity index (χ1n) is 9.35. The molecule has 0 spiro atoms. The SMILES string of the molecule is COc1ccccc1N1CCN(C(=O)CN2C(=O)COc3ccccc32)CC1. The van der Waals surface area contributed by atoms with Crippen LogP contribution in [-0.4, -0.2) is 63.2 Å². The molecule has 2 heterocycles. The number of piperazine rings is 1. The first-order chi connectivity index (χ1) is 13.7. The van der Waals surface area contributed by atoms with Gasteiger partial charge in [0.1, 0.15) is 18.0 Å². The van der Waals surface area contributed by atoms with E-state index >= 15 is 0 Å². The van der Waals surface area contributed by atoms with Crippen LogP contribution in [0.2, 0.25) is 0 Å². The van der Waals surface area contributed by atoms with Gasteiger partial charge in [-0.25, -0.2) is 0 Å². The Morgan fingerprint density at radius 1 is 1.00 bits per heavy atom. The minimum atomic E-state index is -0.195. The summed E-state index contributed by atoms with van der Waals surface area (Å²) in [7, 11) is 1.66. The Balaban J connectivity index is 1.40. The van der Waals surface area contributed by atoms with Gasteiger partial charge in [0.2, 0.25) is 5.91 Å². The lowest BCUT2D eigenvalue weighted by Gasteiger charge is -2.38. The monoisotopic (exact) mass is 381 g/mol. The minimum absolute atomic E-state index is 0.0356. The normalized spacial score (nSPS) is 16.5. The summed E-state index contributed by atoms with van der Waals surface area (Å²) in [5.74, 6) is 1.22. The second-order valence-corrected chi connectivity index (χ2v) is 6.78. The van der Waals surface area contributed by atoms with Gasteiger partial charge in [-0.2, -0.15) is 0 Å². The Morgan fingerprint density at radius 3 is 2.43 bits per heavy atom. The summed E-state index contributed by atoms with van der Waals surface area (Å²) in [4.78, 5) is 30.7. The van der Waals surface area contributed by atoms with Crippen molar-refractivity contribution >= 4 is 23.2 Å². The van der Waals surface area contributed by atoms with Crippen molar-refractivity contribution in [1.82, 2.24) is 4.90 Å². The molecule has 2 aliphatic heterocycles. The lowest BCUT2D eigenvalue weighted by atomic mass is 10.2. The van der Waals surface area contributed by atoms with Crippen molar-refractivity contribution in [3.8, 4) is 11.5 Å². The summed E-state index contributed by atoms with van der Waals surface area (Å²) in [6, 6.07) is 15.2. The first-order valence-corrected chi connectivity index (χ1v) is 9.35. The lowest BCUT2D eigenvalue weighted by molar-refractivity contribution is -0.132. The van der Waals surface area contributed by atoms with E-state index in [9.17, 15) is 9.59 Å². The molecule has 0 aliphatic carbocycles. The van der Waals surface area contributed by atoms with Gasteiger partial charge in [-0.1, -0.05) is 24.3 Å². The van der Waals surface area contributed by atoms with E-state index in [1.54, 1.807) is 13.2 Å². The van der Waals surface area contributed by atoms with Crippen LogP contribution in [0.15, 0.2) is 48.5 Å². The van der Waals surface area contributed by atoms with E-state index in [1.807, 2.05) is 47.4 Å². The molecule has 1 fully saturated rings. The molecule has 0 N–H and O–H groups in total. The number of nitrogens with zero attached hydrogens (tertiary/aromatic N) is 3. The zero-order valence-electron chi connectivity index (χ0n) is 15.8. The fourth-order valence-corrected chi connectivity index (χ4v) is 3.65. The second-order valence-electron chi connectivity index (χ2n) is 6.78. The number of hydrogen-bond donors (Lipinski definition) is 0. The summed E-state index contributed by atoms with van der Waals surface area (Å²) in [5, 5.41) is 0. The Bertz CT molecular complexity index is 877. The highest BCUT2D eigenvalue weighted by atomic mass is 16.5. The minimum Gasteiger partial charge on any atom is -0.495 e. The third-order valence-corrected chi connectivity index (χ3v) is 5.16. The average molecular weight is 381 g/mol. The number of amides is 2. The van der Waals surface area contributed by atoms with Crippen molar-refractivity contribution in [2.45, 2.75) is 0 Å². The number of ether oxygens (including phenoxy) is 2. The van der Waals surface area contributed by atoms with E-state index in [4.69, 9.17) is 9.47 Å². The molecule has 7 heteroatoms. The van der Waals surface area contributed by atoms with Crippen molar-refractivity contribution in [2.75, 3.05) is 56.2 Å². The van der Waals surface area contributed by atoms with Crippen LogP contribution < -0.4 is 19.3 Å². The molecule has 2 aromatic rings. The maximum atomic E-state index is 12.8. The van der Waals surface area contributed by atoms with E-state index in [0.29, 0.717) is 24.5 Å². The highest BCUT2D eigenvalue weighted by Gasteiger charge is 2.30. The molecule has 0 bridgehead atoms. The number of benzene rings is 2. The largest absolute Gasteiger partial charge is 0.495 e. The third-order valence-electron chi connectivity index (χ3n) is 5.16. The van der Waals surface area contributed by atoms with Crippen LogP contribution in [0.1, 0.15) is 0 Å². The van der Waals surface area contributed by atoms with Gasteiger partial charge in [-0.15, -0.1) is 0 Å². The van der Waals surface area contributed by atoms with Gasteiger partial charge in [0.05, 0.1) is 18.5 Å². The number of fused-ring (bicyclic) bond motifs is 1. The molecule has 0 unspecified atom stereocenters. The van der Waals surface area contributed by atoms with Gasteiger partial charge in [0, 0.05) is 26.2 Å². The van der Waals surface area contributed by atoms with Crippen LogP contribution in [0.25, 0.3) is 0 Å². The quantitative estimate of drug-likeness (QED) is 0.808. The molecule has 2 aliphatic rings. The third kappa shape index (κ3) is 3.47. The number of anilines is 2. The Hall–Kier alpha value is -3.22. The zero-order valence-corrected chi connectivity index (χ0v) is 15.8. The van der Waals surface area contributed by atoms with Gasteiger partial charge < -0.3 is 19.3 Å². The fraction of sp³-hybridized carbons (Fsp3) is 0.333. The summed E-state index contributed by atoms with van der Waals surface area (Å²) < 4.78 is 10.9. The molecule has 7 nitrogen and oxygen atoms in total. The molecular weight excluding hydrogens is 358 g/mol. The van der Waals surface area contributed by atoms with E-state index < -0.39 is 0 Å². The summed E-state index contributed by atoms with van der Waals surface area (Å²) >= 11 is 0. The number of hydrogen-bond acceptors (Lipinski definition) is 5. The van der Waals surface area contributed by atoms with Gasteiger partial charge in [-0.05, 0) is 24.3 Å². The molecule has 146 valence electrons. The van der Waals surface area contributed by atoms with Gasteiger partial charge >= 0.3 is 0 Å². The topological polar surface area (TPSA) is 62.3 Å². The van der Waals surface area contributed by atoms with Crippen LogP contribution in [0.4, 0.5) is 11.4 Å². The number of carbonyl (C=O) groups excluding carboxylic acids is 2. The maximum Gasteiger partial charge on any atom is 0.265 e. The molecule has 0 aromatic heterocycles. The molecular formula is C21H23N3O4. The van der Waals surface area contributed by atoms with Crippen LogP contribution in [-0.2, 0) is 9.59 Å².